The number of hydrogen-bond acceptors (Lipinski definition) is 3. The minimum absolute atomic E-state index is 0.0431. The van der Waals surface area contributed by atoms with Crippen LogP contribution in [0.4, 0.5) is 30.7 Å². The highest BCUT2D eigenvalue weighted by molar-refractivity contribution is 5.35. The molecule has 1 aliphatic heterocycles. The first-order valence-electron chi connectivity index (χ1n) is 12.7. The van der Waals surface area contributed by atoms with Gasteiger partial charge in [0.25, 0.3) is 0 Å². The van der Waals surface area contributed by atoms with E-state index < -0.39 is 46.9 Å². The maximum absolute atomic E-state index is 14.8. The fourth-order valence-electron chi connectivity index (χ4n) is 5.33. The zero-order chi connectivity index (χ0) is 27.4. The van der Waals surface area contributed by atoms with Crippen LogP contribution in [0.15, 0.2) is 48.5 Å². The van der Waals surface area contributed by atoms with Gasteiger partial charge >= 0.3 is 18.2 Å². The Balaban J connectivity index is 1.37. The average molecular weight is 547 g/mol. The molecular formula is C28H29F7O3. The van der Waals surface area contributed by atoms with Gasteiger partial charge in [-0.15, -0.1) is 0 Å². The molecule has 2 aromatic rings. The number of alkyl halides is 2. The lowest BCUT2D eigenvalue weighted by Crippen LogP contribution is -2.33. The van der Waals surface area contributed by atoms with E-state index in [1.807, 2.05) is 0 Å². The molecule has 3 nitrogen and oxygen atoms in total. The van der Waals surface area contributed by atoms with Crippen molar-refractivity contribution >= 4 is 0 Å². The Morgan fingerprint density at radius 2 is 1.66 bits per heavy atom. The van der Waals surface area contributed by atoms with Crippen molar-refractivity contribution in [2.75, 3.05) is 6.61 Å². The smallest absolute Gasteiger partial charge is 0.429 e. The van der Waals surface area contributed by atoms with Crippen molar-refractivity contribution in [3.63, 3.8) is 0 Å². The quantitative estimate of drug-likeness (QED) is 0.244. The Morgan fingerprint density at radius 1 is 0.921 bits per heavy atom. The van der Waals surface area contributed by atoms with Gasteiger partial charge < -0.3 is 14.2 Å². The van der Waals surface area contributed by atoms with E-state index in [-0.39, 0.29) is 12.0 Å². The van der Waals surface area contributed by atoms with Crippen molar-refractivity contribution in [2.45, 2.75) is 70.0 Å². The van der Waals surface area contributed by atoms with E-state index in [1.165, 1.54) is 12.5 Å². The Labute approximate surface area is 216 Å². The molecule has 2 aromatic carbocycles. The van der Waals surface area contributed by atoms with Crippen LogP contribution < -0.4 is 9.47 Å². The van der Waals surface area contributed by atoms with E-state index in [0.29, 0.717) is 29.5 Å². The van der Waals surface area contributed by atoms with Gasteiger partial charge in [0.15, 0.2) is 11.6 Å². The summed E-state index contributed by atoms with van der Waals surface area (Å²) in [6, 6.07) is 2.95. The predicted octanol–water partition coefficient (Wildman–Crippen LogP) is 8.99. The Morgan fingerprint density at radius 3 is 2.24 bits per heavy atom. The standard InChI is InChI=1S/C28H29F7O3/c1-2-16-3-11-24(36-15-16)18-6-4-17(5-7-18)19-8-10-21(22(29)13-19)28(34,35)38-20-9-12-25(23(30)14-20)37-27(33)26(31)32/h8-10,12-14,16-18,24H,2-7,11,15H2,1H3. The summed E-state index contributed by atoms with van der Waals surface area (Å²) in [5.74, 6) is -3.17. The highest BCUT2D eigenvalue weighted by Gasteiger charge is 2.39. The molecular weight excluding hydrogens is 517 g/mol. The van der Waals surface area contributed by atoms with Gasteiger partial charge in [0, 0.05) is 12.7 Å². The molecule has 1 saturated heterocycles. The van der Waals surface area contributed by atoms with E-state index in [2.05, 4.69) is 16.4 Å². The SMILES string of the molecule is CCC1CCC(C2CCC(c3ccc(C(F)(F)Oc4ccc(OC(F)=C(F)F)c(F)c4)c(F)c3)CC2)OC1. The summed E-state index contributed by atoms with van der Waals surface area (Å²) in [6.45, 7) is 2.96. The second-order valence-electron chi connectivity index (χ2n) is 9.92. The minimum Gasteiger partial charge on any atom is -0.429 e. The normalized spacial score (nSPS) is 24.1. The van der Waals surface area contributed by atoms with E-state index in [9.17, 15) is 30.7 Å². The molecule has 0 N–H and O–H groups in total. The second-order valence-corrected chi connectivity index (χ2v) is 9.92. The van der Waals surface area contributed by atoms with Crippen LogP contribution in [-0.4, -0.2) is 12.7 Å². The van der Waals surface area contributed by atoms with Crippen LogP contribution in [0.25, 0.3) is 0 Å². The molecule has 208 valence electrons. The van der Waals surface area contributed by atoms with Crippen molar-refractivity contribution in [2.24, 2.45) is 11.8 Å². The summed E-state index contributed by atoms with van der Waals surface area (Å²) >= 11 is 0. The first-order chi connectivity index (χ1) is 18.1. The third-order valence-electron chi connectivity index (χ3n) is 7.56. The van der Waals surface area contributed by atoms with Gasteiger partial charge in [0.05, 0.1) is 11.7 Å². The fraction of sp³-hybridized carbons (Fsp3) is 0.500. The maximum atomic E-state index is 14.8. The molecule has 2 fully saturated rings. The first kappa shape index (κ1) is 28.3. The van der Waals surface area contributed by atoms with Crippen molar-refractivity contribution in [3.05, 3.63) is 71.3 Å². The molecule has 2 unspecified atom stereocenters. The highest BCUT2D eigenvalue weighted by Crippen LogP contribution is 2.42. The van der Waals surface area contributed by atoms with Gasteiger partial charge in [-0.3, -0.25) is 0 Å². The largest absolute Gasteiger partial charge is 0.429 e. The molecule has 1 aliphatic carbocycles. The Hall–Kier alpha value is -2.75. The number of rotatable bonds is 8. The van der Waals surface area contributed by atoms with Crippen molar-refractivity contribution in [3.8, 4) is 11.5 Å². The van der Waals surface area contributed by atoms with E-state index >= 15 is 0 Å². The van der Waals surface area contributed by atoms with Crippen LogP contribution in [0.1, 0.15) is 68.9 Å². The number of hydrogen-bond donors (Lipinski definition) is 0. The molecule has 4 rings (SSSR count). The van der Waals surface area contributed by atoms with Gasteiger partial charge in [-0.1, -0.05) is 19.4 Å². The Bertz CT molecular complexity index is 1130. The number of ether oxygens (including phenoxy) is 3. The summed E-state index contributed by atoms with van der Waals surface area (Å²) < 4.78 is 110. The lowest BCUT2D eigenvalue weighted by molar-refractivity contribution is -0.187. The molecule has 0 spiro atoms. The summed E-state index contributed by atoms with van der Waals surface area (Å²) in [5.41, 5.74) is -0.413. The van der Waals surface area contributed by atoms with Crippen LogP contribution in [0.5, 0.6) is 11.5 Å². The zero-order valence-electron chi connectivity index (χ0n) is 20.8. The van der Waals surface area contributed by atoms with Crippen LogP contribution in [-0.2, 0) is 10.8 Å². The van der Waals surface area contributed by atoms with Gasteiger partial charge in [0.2, 0.25) is 0 Å². The minimum atomic E-state index is -4.17. The monoisotopic (exact) mass is 546 g/mol. The van der Waals surface area contributed by atoms with Crippen LogP contribution in [0, 0.1) is 23.5 Å². The van der Waals surface area contributed by atoms with Gasteiger partial charge in [-0.25, -0.2) is 8.78 Å². The summed E-state index contributed by atoms with van der Waals surface area (Å²) in [5, 5.41) is 0. The summed E-state index contributed by atoms with van der Waals surface area (Å²) in [6.07, 6.45) is 0.0826. The lowest BCUT2D eigenvalue weighted by Gasteiger charge is -2.37. The summed E-state index contributed by atoms with van der Waals surface area (Å²) in [4.78, 5) is 0. The zero-order valence-corrected chi connectivity index (χ0v) is 20.8. The highest BCUT2D eigenvalue weighted by atomic mass is 19.3. The molecule has 2 aliphatic rings. The van der Waals surface area contributed by atoms with E-state index in [0.717, 1.165) is 63.3 Å². The third kappa shape index (κ3) is 6.62. The molecule has 10 heteroatoms. The third-order valence-corrected chi connectivity index (χ3v) is 7.56. The first-order valence-corrected chi connectivity index (χ1v) is 12.7. The van der Waals surface area contributed by atoms with Crippen molar-refractivity contribution < 1.29 is 44.9 Å². The number of halogens is 7. The summed E-state index contributed by atoms with van der Waals surface area (Å²) in [7, 11) is 0. The Kier molecular flexibility index (Phi) is 8.90. The average Bonchev–Trinajstić information content (AvgIpc) is 2.90. The predicted molar refractivity (Wildman–Crippen MR) is 126 cm³/mol. The van der Waals surface area contributed by atoms with Gasteiger partial charge in [0.1, 0.15) is 11.6 Å². The van der Waals surface area contributed by atoms with Crippen LogP contribution in [0.3, 0.4) is 0 Å². The molecule has 38 heavy (non-hydrogen) atoms. The molecule has 1 heterocycles. The second kappa shape index (κ2) is 12.0. The van der Waals surface area contributed by atoms with E-state index in [4.69, 9.17) is 4.74 Å². The molecule has 0 aromatic heterocycles. The lowest BCUT2D eigenvalue weighted by atomic mass is 9.75. The molecule has 1 saturated carbocycles. The number of benzene rings is 2. The molecule has 2 atom stereocenters. The van der Waals surface area contributed by atoms with Crippen molar-refractivity contribution in [1.82, 2.24) is 0 Å². The van der Waals surface area contributed by atoms with Gasteiger partial charge in [-0.2, -0.15) is 22.0 Å². The topological polar surface area (TPSA) is 27.7 Å². The fourth-order valence-corrected chi connectivity index (χ4v) is 5.33. The van der Waals surface area contributed by atoms with Crippen molar-refractivity contribution in [1.29, 1.82) is 0 Å². The maximum Gasteiger partial charge on any atom is 0.429 e. The molecule has 0 amide bonds. The van der Waals surface area contributed by atoms with Gasteiger partial charge in [-0.05, 0) is 86.1 Å². The van der Waals surface area contributed by atoms with Crippen LogP contribution >= 0.6 is 0 Å². The molecule has 0 radical (unpaired) electrons. The molecule has 0 bridgehead atoms. The van der Waals surface area contributed by atoms with Crippen LogP contribution in [0.2, 0.25) is 0 Å². The van der Waals surface area contributed by atoms with E-state index in [1.54, 1.807) is 0 Å².